The summed E-state index contributed by atoms with van der Waals surface area (Å²) >= 11 is 0. The molecule has 16 heavy (non-hydrogen) atoms. The van der Waals surface area contributed by atoms with Crippen molar-refractivity contribution < 1.29 is 9.90 Å². The number of nitrogens with one attached hydrogen (secondary N) is 1. The van der Waals surface area contributed by atoms with E-state index in [1.807, 2.05) is 12.1 Å². The number of carbonyl (C=O) groups is 1. The first-order chi connectivity index (χ1) is 7.72. The summed E-state index contributed by atoms with van der Waals surface area (Å²) < 4.78 is 0. The lowest BCUT2D eigenvalue weighted by atomic mass is 9.81. The summed E-state index contributed by atoms with van der Waals surface area (Å²) in [5.41, 5.74) is 2.41. The smallest absolute Gasteiger partial charge is 0.223 e. The van der Waals surface area contributed by atoms with Gasteiger partial charge in [-0.15, -0.1) is 0 Å². The van der Waals surface area contributed by atoms with E-state index in [0.717, 1.165) is 25.7 Å². The number of benzene rings is 1. The Morgan fingerprint density at radius 3 is 2.88 bits per heavy atom. The van der Waals surface area contributed by atoms with Gasteiger partial charge >= 0.3 is 0 Å². The number of phenolic OH excluding ortho intramolecular Hbond substituents is 1. The lowest BCUT2D eigenvalue weighted by Crippen LogP contribution is -2.47. The Hall–Kier alpha value is -1.51. The van der Waals surface area contributed by atoms with Crippen molar-refractivity contribution in [1.29, 1.82) is 0 Å². The van der Waals surface area contributed by atoms with Crippen molar-refractivity contribution in [1.82, 2.24) is 5.32 Å². The minimum atomic E-state index is 0.125. The second-order valence-electron chi connectivity index (χ2n) is 4.84. The van der Waals surface area contributed by atoms with Crippen molar-refractivity contribution >= 4 is 5.91 Å². The maximum atomic E-state index is 11.7. The van der Waals surface area contributed by atoms with E-state index in [0.29, 0.717) is 5.75 Å². The molecule has 1 aliphatic carbocycles. The van der Waals surface area contributed by atoms with Crippen LogP contribution in [-0.2, 0) is 17.6 Å². The molecule has 2 N–H and O–H groups in total. The number of hydrogen-bond donors (Lipinski definition) is 2. The van der Waals surface area contributed by atoms with Gasteiger partial charge in [-0.25, -0.2) is 0 Å². The minimum Gasteiger partial charge on any atom is -0.508 e. The van der Waals surface area contributed by atoms with E-state index in [9.17, 15) is 9.90 Å². The summed E-state index contributed by atoms with van der Waals surface area (Å²) in [6.45, 7) is 0. The largest absolute Gasteiger partial charge is 0.508 e. The molecule has 2 aliphatic heterocycles. The Labute approximate surface area is 94.5 Å². The second-order valence-corrected chi connectivity index (χ2v) is 4.84. The number of fused-ring (bicyclic) bond motifs is 2. The van der Waals surface area contributed by atoms with Crippen molar-refractivity contribution in [3.8, 4) is 5.75 Å². The van der Waals surface area contributed by atoms with Crippen molar-refractivity contribution in [3.05, 3.63) is 29.3 Å². The molecule has 2 heterocycles. The maximum Gasteiger partial charge on any atom is 0.223 e. The fraction of sp³-hybridized carbons (Fsp3) is 0.462. The highest BCUT2D eigenvalue weighted by atomic mass is 16.3. The summed E-state index contributed by atoms with van der Waals surface area (Å²) in [4.78, 5) is 11.7. The molecule has 0 aromatic heterocycles. The summed E-state index contributed by atoms with van der Waals surface area (Å²) in [5.74, 6) is 0.649. The monoisotopic (exact) mass is 217 g/mol. The molecule has 4 rings (SSSR count). The number of hydrogen-bond acceptors (Lipinski definition) is 2. The van der Waals surface area contributed by atoms with Crippen LogP contribution in [0.1, 0.15) is 24.0 Å². The van der Waals surface area contributed by atoms with Crippen LogP contribution >= 0.6 is 0 Å². The van der Waals surface area contributed by atoms with E-state index >= 15 is 0 Å². The van der Waals surface area contributed by atoms with Gasteiger partial charge in [0.2, 0.25) is 5.91 Å². The molecular weight excluding hydrogens is 202 g/mol. The molecule has 1 amide bonds. The summed E-state index contributed by atoms with van der Waals surface area (Å²) in [6, 6.07) is 5.76. The first-order valence-electron chi connectivity index (χ1n) is 5.83. The topological polar surface area (TPSA) is 49.3 Å². The zero-order chi connectivity index (χ0) is 11.1. The van der Waals surface area contributed by atoms with Gasteiger partial charge in [0, 0.05) is 12.0 Å². The van der Waals surface area contributed by atoms with Gasteiger partial charge < -0.3 is 10.4 Å². The summed E-state index contributed by atoms with van der Waals surface area (Å²) in [6.07, 6.45) is 3.72. The fourth-order valence-corrected chi connectivity index (χ4v) is 2.80. The molecule has 0 spiro atoms. The van der Waals surface area contributed by atoms with E-state index < -0.39 is 0 Å². The molecule has 3 nitrogen and oxygen atoms in total. The first-order valence-corrected chi connectivity index (χ1v) is 5.83. The first kappa shape index (κ1) is 9.70. The van der Waals surface area contributed by atoms with E-state index in [4.69, 9.17) is 0 Å². The highest BCUT2D eigenvalue weighted by molar-refractivity contribution is 5.80. The molecule has 84 valence electrons. The number of rotatable bonds is 0. The standard InChI is InChI=1S/C13H15NO2/c15-12-4-2-8-5-9-1-3-11(14-13(9)16)6-10(8)7-12/h2,4,7,9,11,15H,1,3,5-6H2,(H,14,16). The van der Waals surface area contributed by atoms with Crippen LogP contribution in [0.15, 0.2) is 18.2 Å². The number of amides is 1. The van der Waals surface area contributed by atoms with Gasteiger partial charge in [0.25, 0.3) is 0 Å². The number of carbonyl (C=O) groups excluding carboxylic acids is 1. The third-order valence-electron chi connectivity index (χ3n) is 3.70. The third kappa shape index (κ3) is 1.56. The highest BCUT2D eigenvalue weighted by Gasteiger charge is 2.31. The van der Waals surface area contributed by atoms with E-state index in [2.05, 4.69) is 5.32 Å². The van der Waals surface area contributed by atoms with Crippen LogP contribution in [0, 0.1) is 5.92 Å². The molecule has 1 fully saturated rings. The van der Waals surface area contributed by atoms with Crippen LogP contribution in [-0.4, -0.2) is 17.1 Å². The Balaban J connectivity index is 2.02. The Kier molecular flexibility index (Phi) is 2.13. The van der Waals surface area contributed by atoms with Crippen molar-refractivity contribution in [2.45, 2.75) is 31.7 Å². The van der Waals surface area contributed by atoms with Gasteiger partial charge in [-0.1, -0.05) is 6.07 Å². The zero-order valence-corrected chi connectivity index (χ0v) is 9.07. The van der Waals surface area contributed by atoms with Gasteiger partial charge in [0.15, 0.2) is 0 Å². The average molecular weight is 217 g/mol. The van der Waals surface area contributed by atoms with Crippen molar-refractivity contribution in [2.24, 2.45) is 5.92 Å². The van der Waals surface area contributed by atoms with Gasteiger partial charge in [-0.3, -0.25) is 4.79 Å². The Morgan fingerprint density at radius 1 is 1.19 bits per heavy atom. The molecule has 2 unspecified atom stereocenters. The SMILES string of the molecule is O=C1NC2CCC1Cc1ccc(O)cc1C2. The second kappa shape index (κ2) is 3.51. The van der Waals surface area contributed by atoms with Crippen LogP contribution in [0.3, 0.4) is 0 Å². The molecule has 1 aromatic rings. The zero-order valence-electron chi connectivity index (χ0n) is 9.07. The Bertz CT molecular complexity index is 442. The average Bonchev–Trinajstić information content (AvgIpc) is 2.21. The Morgan fingerprint density at radius 2 is 2.06 bits per heavy atom. The van der Waals surface area contributed by atoms with Crippen LogP contribution in [0.25, 0.3) is 0 Å². The van der Waals surface area contributed by atoms with Gasteiger partial charge in [0.05, 0.1) is 0 Å². The maximum absolute atomic E-state index is 11.7. The normalized spacial score (nSPS) is 27.9. The molecule has 2 atom stereocenters. The number of phenols is 1. The van der Waals surface area contributed by atoms with E-state index in [1.54, 1.807) is 6.07 Å². The lowest BCUT2D eigenvalue weighted by molar-refractivity contribution is -0.127. The molecule has 0 radical (unpaired) electrons. The molecule has 2 bridgehead atoms. The molecule has 3 aliphatic rings. The number of aromatic hydroxyl groups is 1. The van der Waals surface area contributed by atoms with E-state index in [1.165, 1.54) is 11.1 Å². The molecule has 0 saturated carbocycles. The van der Waals surface area contributed by atoms with Gasteiger partial charge in [-0.05, 0) is 48.9 Å². The van der Waals surface area contributed by atoms with Crippen LogP contribution in [0.2, 0.25) is 0 Å². The highest BCUT2D eigenvalue weighted by Crippen LogP contribution is 2.29. The molecular formula is C13H15NO2. The van der Waals surface area contributed by atoms with Gasteiger partial charge in [-0.2, -0.15) is 0 Å². The van der Waals surface area contributed by atoms with Crippen molar-refractivity contribution in [2.75, 3.05) is 0 Å². The van der Waals surface area contributed by atoms with Crippen LogP contribution in [0.4, 0.5) is 0 Å². The molecule has 3 heteroatoms. The quantitative estimate of drug-likeness (QED) is 0.690. The predicted molar refractivity (Wildman–Crippen MR) is 60.2 cm³/mol. The summed E-state index contributed by atoms with van der Waals surface area (Å²) in [5, 5.41) is 12.5. The van der Waals surface area contributed by atoms with Crippen molar-refractivity contribution in [3.63, 3.8) is 0 Å². The van der Waals surface area contributed by atoms with Crippen LogP contribution < -0.4 is 5.32 Å². The molecule has 1 saturated heterocycles. The number of piperidine rings is 1. The van der Waals surface area contributed by atoms with E-state index in [-0.39, 0.29) is 17.9 Å². The minimum absolute atomic E-state index is 0.125. The van der Waals surface area contributed by atoms with Gasteiger partial charge in [0.1, 0.15) is 5.75 Å². The fourth-order valence-electron chi connectivity index (χ4n) is 2.80. The summed E-state index contributed by atoms with van der Waals surface area (Å²) in [7, 11) is 0. The molecule has 1 aromatic carbocycles. The predicted octanol–water partition coefficient (Wildman–Crippen LogP) is 1.39. The lowest BCUT2D eigenvalue weighted by Gasteiger charge is -2.33. The third-order valence-corrected chi connectivity index (χ3v) is 3.70. The van der Waals surface area contributed by atoms with Crippen LogP contribution in [0.5, 0.6) is 5.75 Å².